The number of aromatic nitrogens is 2. The Hall–Kier alpha value is -1.79. The topological polar surface area (TPSA) is 55.3 Å². The van der Waals surface area contributed by atoms with Crippen LogP contribution in [-0.4, -0.2) is 46.6 Å². The van der Waals surface area contributed by atoms with Crippen molar-refractivity contribution in [2.24, 2.45) is 0 Å². The van der Waals surface area contributed by atoms with Gasteiger partial charge in [-0.3, -0.25) is 4.79 Å². The van der Waals surface area contributed by atoms with Crippen LogP contribution in [0, 0.1) is 6.92 Å². The van der Waals surface area contributed by atoms with Crippen LogP contribution in [0.2, 0.25) is 0 Å². The number of morpholine rings is 1. The third-order valence-electron chi connectivity index (χ3n) is 3.74. The number of amides is 1. The molecule has 1 amide bonds. The lowest BCUT2D eigenvalue weighted by atomic mass is 10.1. The van der Waals surface area contributed by atoms with Crippen LogP contribution in [0.1, 0.15) is 26.7 Å². The van der Waals surface area contributed by atoms with Crippen molar-refractivity contribution in [2.75, 3.05) is 19.7 Å². The van der Waals surface area contributed by atoms with Crippen molar-refractivity contribution >= 4 is 17.2 Å². The van der Waals surface area contributed by atoms with Crippen LogP contribution in [0.15, 0.2) is 30.7 Å². The lowest BCUT2D eigenvalue weighted by Crippen LogP contribution is -2.45. The summed E-state index contributed by atoms with van der Waals surface area (Å²) in [7, 11) is 0. The largest absolute Gasteiger partial charge is 0.375 e. The first-order chi connectivity index (χ1) is 10.7. The maximum absolute atomic E-state index is 12.5. The fourth-order valence-corrected chi connectivity index (χ4v) is 3.39. The highest BCUT2D eigenvalue weighted by Gasteiger charge is 2.25. The number of hydrogen-bond donors (Lipinski definition) is 0. The van der Waals surface area contributed by atoms with Gasteiger partial charge in [-0.05, 0) is 38.0 Å². The van der Waals surface area contributed by atoms with E-state index in [0.29, 0.717) is 19.7 Å². The van der Waals surface area contributed by atoms with Gasteiger partial charge in [0.25, 0.3) is 5.91 Å². The number of thiophene rings is 1. The number of aryl methyl sites for hydroxylation is 2. The van der Waals surface area contributed by atoms with Crippen LogP contribution in [0.5, 0.6) is 0 Å². The zero-order chi connectivity index (χ0) is 15.4. The van der Waals surface area contributed by atoms with Crippen molar-refractivity contribution < 1.29 is 9.53 Å². The minimum absolute atomic E-state index is 0.0775. The predicted molar refractivity (Wildman–Crippen MR) is 85.1 cm³/mol. The van der Waals surface area contributed by atoms with E-state index in [2.05, 4.69) is 9.97 Å². The van der Waals surface area contributed by atoms with Crippen LogP contribution in [-0.2, 0) is 11.2 Å². The molecule has 2 aromatic heterocycles. The SMILES string of the molecule is Cc1ccc(C(=O)N2CCOC(CCc3ccncn3)C2)s1. The normalized spacial score (nSPS) is 18.4. The number of rotatable bonds is 4. The van der Waals surface area contributed by atoms with Crippen molar-refractivity contribution in [3.63, 3.8) is 0 Å². The van der Waals surface area contributed by atoms with Gasteiger partial charge in [-0.15, -0.1) is 11.3 Å². The van der Waals surface area contributed by atoms with Crippen LogP contribution >= 0.6 is 11.3 Å². The monoisotopic (exact) mass is 317 g/mol. The fraction of sp³-hybridized carbons (Fsp3) is 0.438. The summed E-state index contributed by atoms with van der Waals surface area (Å²) >= 11 is 1.55. The Balaban J connectivity index is 1.56. The molecule has 1 unspecified atom stereocenters. The van der Waals surface area contributed by atoms with E-state index in [9.17, 15) is 4.79 Å². The van der Waals surface area contributed by atoms with E-state index >= 15 is 0 Å². The summed E-state index contributed by atoms with van der Waals surface area (Å²) in [5.41, 5.74) is 1.01. The third-order valence-corrected chi connectivity index (χ3v) is 4.73. The Morgan fingerprint density at radius 1 is 1.45 bits per heavy atom. The second-order valence-corrected chi connectivity index (χ2v) is 6.68. The number of nitrogens with zero attached hydrogens (tertiary/aromatic N) is 3. The molecule has 3 heterocycles. The fourth-order valence-electron chi connectivity index (χ4n) is 2.56. The average molecular weight is 317 g/mol. The van der Waals surface area contributed by atoms with Gasteiger partial charge in [0.2, 0.25) is 0 Å². The van der Waals surface area contributed by atoms with Crippen molar-refractivity contribution in [3.05, 3.63) is 46.2 Å². The van der Waals surface area contributed by atoms with Gasteiger partial charge in [-0.25, -0.2) is 9.97 Å². The first-order valence-electron chi connectivity index (χ1n) is 7.44. The summed E-state index contributed by atoms with van der Waals surface area (Å²) < 4.78 is 5.79. The van der Waals surface area contributed by atoms with Crippen molar-refractivity contribution in [1.29, 1.82) is 0 Å². The maximum atomic E-state index is 12.5. The molecule has 116 valence electrons. The summed E-state index contributed by atoms with van der Waals surface area (Å²) in [5.74, 6) is 0.119. The molecule has 0 aliphatic carbocycles. The zero-order valence-electron chi connectivity index (χ0n) is 12.6. The zero-order valence-corrected chi connectivity index (χ0v) is 13.4. The first-order valence-corrected chi connectivity index (χ1v) is 8.26. The lowest BCUT2D eigenvalue weighted by molar-refractivity contribution is -0.0245. The first kappa shape index (κ1) is 15.1. The quantitative estimate of drug-likeness (QED) is 0.868. The molecule has 22 heavy (non-hydrogen) atoms. The number of ether oxygens (including phenoxy) is 1. The second-order valence-electron chi connectivity index (χ2n) is 5.39. The van der Waals surface area contributed by atoms with Gasteiger partial charge in [0.15, 0.2) is 0 Å². The minimum atomic E-state index is 0.0775. The van der Waals surface area contributed by atoms with Crippen LogP contribution in [0.25, 0.3) is 0 Å². The minimum Gasteiger partial charge on any atom is -0.375 e. The smallest absolute Gasteiger partial charge is 0.264 e. The molecule has 1 fully saturated rings. The molecule has 0 spiro atoms. The van der Waals surface area contributed by atoms with Gasteiger partial charge in [-0.1, -0.05) is 0 Å². The standard InChI is InChI=1S/C16H19N3O2S/c1-12-2-5-15(22-12)16(20)19-8-9-21-14(10-19)4-3-13-6-7-17-11-18-13/h2,5-7,11,14H,3-4,8-10H2,1H3. The molecular formula is C16H19N3O2S. The van der Waals surface area contributed by atoms with Gasteiger partial charge in [0, 0.05) is 29.9 Å². The van der Waals surface area contributed by atoms with Gasteiger partial charge in [0.1, 0.15) is 6.33 Å². The van der Waals surface area contributed by atoms with Gasteiger partial charge in [0.05, 0.1) is 17.6 Å². The van der Waals surface area contributed by atoms with Crippen LogP contribution in [0.3, 0.4) is 0 Å². The van der Waals surface area contributed by atoms with Gasteiger partial charge >= 0.3 is 0 Å². The van der Waals surface area contributed by atoms with E-state index < -0.39 is 0 Å². The summed E-state index contributed by atoms with van der Waals surface area (Å²) in [6.45, 7) is 3.94. The molecule has 0 radical (unpaired) electrons. The molecule has 0 saturated carbocycles. The molecule has 0 N–H and O–H groups in total. The predicted octanol–water partition coefficient (Wildman–Crippen LogP) is 2.32. The molecule has 3 rings (SSSR count). The molecule has 0 aromatic carbocycles. The summed E-state index contributed by atoms with van der Waals surface area (Å²) in [6.07, 6.45) is 5.09. The van der Waals surface area contributed by atoms with E-state index in [1.807, 2.05) is 30.0 Å². The maximum Gasteiger partial charge on any atom is 0.264 e. The van der Waals surface area contributed by atoms with Crippen molar-refractivity contribution in [3.8, 4) is 0 Å². The molecule has 1 aliphatic rings. The molecule has 1 saturated heterocycles. The number of carbonyl (C=O) groups excluding carboxylic acids is 1. The van der Waals surface area contributed by atoms with Gasteiger partial charge in [-0.2, -0.15) is 0 Å². The lowest BCUT2D eigenvalue weighted by Gasteiger charge is -2.32. The number of carbonyl (C=O) groups is 1. The highest BCUT2D eigenvalue weighted by molar-refractivity contribution is 7.13. The van der Waals surface area contributed by atoms with E-state index in [0.717, 1.165) is 28.3 Å². The Labute approximate surface area is 134 Å². The Morgan fingerprint density at radius 2 is 2.36 bits per heavy atom. The molecule has 2 aromatic rings. The second kappa shape index (κ2) is 6.98. The molecule has 0 bridgehead atoms. The van der Waals surface area contributed by atoms with E-state index in [-0.39, 0.29) is 12.0 Å². The molecular weight excluding hydrogens is 298 g/mol. The highest BCUT2D eigenvalue weighted by Crippen LogP contribution is 2.19. The van der Waals surface area contributed by atoms with Crippen LogP contribution < -0.4 is 0 Å². The number of hydrogen-bond acceptors (Lipinski definition) is 5. The molecule has 1 atom stereocenters. The summed E-state index contributed by atoms with van der Waals surface area (Å²) in [5, 5.41) is 0. The highest BCUT2D eigenvalue weighted by atomic mass is 32.1. The van der Waals surface area contributed by atoms with Crippen molar-refractivity contribution in [2.45, 2.75) is 25.9 Å². The Bertz CT molecular complexity index is 629. The molecule has 1 aliphatic heterocycles. The van der Waals surface area contributed by atoms with Gasteiger partial charge < -0.3 is 9.64 Å². The molecule has 6 heteroatoms. The molecule has 5 nitrogen and oxygen atoms in total. The van der Waals surface area contributed by atoms with E-state index in [1.54, 1.807) is 23.9 Å². The van der Waals surface area contributed by atoms with E-state index in [1.165, 1.54) is 0 Å². The van der Waals surface area contributed by atoms with Crippen LogP contribution in [0.4, 0.5) is 0 Å². The average Bonchev–Trinajstić information content (AvgIpc) is 3.00. The van der Waals surface area contributed by atoms with Crippen molar-refractivity contribution in [1.82, 2.24) is 14.9 Å². The summed E-state index contributed by atoms with van der Waals surface area (Å²) in [6, 6.07) is 5.82. The Morgan fingerprint density at radius 3 is 3.09 bits per heavy atom. The summed E-state index contributed by atoms with van der Waals surface area (Å²) in [4.78, 5) is 24.5. The Kier molecular flexibility index (Phi) is 4.80. The third kappa shape index (κ3) is 3.69. The van der Waals surface area contributed by atoms with E-state index in [4.69, 9.17) is 4.74 Å².